The highest BCUT2D eigenvalue weighted by Crippen LogP contribution is 2.26. The van der Waals surface area contributed by atoms with E-state index in [1.165, 1.54) is 32.7 Å². The molecule has 0 spiro atoms. The van der Waals surface area contributed by atoms with Crippen molar-refractivity contribution < 1.29 is 13.5 Å². The minimum absolute atomic E-state index is 0.0261. The standard InChI is InChI=1S/C15H10F2IN3OS/c1-9-14(3-4-23-18)15(22-10(2)16)20-21(9)13-6-11(8-19)5-12(17)7-13/h5-7,10H,1-2H3. The van der Waals surface area contributed by atoms with Gasteiger partial charge in [-0.05, 0) is 45.2 Å². The molecule has 1 aromatic heterocycles. The van der Waals surface area contributed by atoms with Crippen LogP contribution in [-0.4, -0.2) is 16.1 Å². The highest BCUT2D eigenvalue weighted by Gasteiger charge is 2.18. The highest BCUT2D eigenvalue weighted by molar-refractivity contribution is 14.2. The molecule has 0 saturated carbocycles. The molecule has 0 bridgehead atoms. The van der Waals surface area contributed by atoms with Crippen LogP contribution in [0, 0.1) is 35.2 Å². The number of benzene rings is 1. The van der Waals surface area contributed by atoms with Crippen LogP contribution in [0.2, 0.25) is 0 Å². The molecule has 2 rings (SSSR count). The first kappa shape index (κ1) is 17.6. The summed E-state index contributed by atoms with van der Waals surface area (Å²) >= 11 is 2.01. The number of hydrogen-bond donors (Lipinski definition) is 0. The van der Waals surface area contributed by atoms with Gasteiger partial charge in [-0.2, -0.15) is 5.26 Å². The van der Waals surface area contributed by atoms with Gasteiger partial charge in [0, 0.05) is 28.1 Å². The van der Waals surface area contributed by atoms with Crippen molar-refractivity contribution in [2.24, 2.45) is 0 Å². The van der Waals surface area contributed by atoms with E-state index < -0.39 is 12.2 Å². The third-order valence-corrected chi connectivity index (χ3v) is 3.67. The topological polar surface area (TPSA) is 50.8 Å². The second kappa shape index (κ2) is 7.66. The monoisotopic (exact) mass is 445 g/mol. The molecule has 0 fully saturated rings. The minimum atomic E-state index is -1.56. The summed E-state index contributed by atoms with van der Waals surface area (Å²) in [6, 6.07) is 5.71. The van der Waals surface area contributed by atoms with Crippen LogP contribution in [0.5, 0.6) is 5.88 Å². The summed E-state index contributed by atoms with van der Waals surface area (Å²) in [5.41, 5.74) is 1.48. The first-order valence-electron chi connectivity index (χ1n) is 6.36. The van der Waals surface area contributed by atoms with E-state index in [9.17, 15) is 8.78 Å². The van der Waals surface area contributed by atoms with E-state index in [4.69, 9.17) is 10.00 Å². The first-order valence-corrected chi connectivity index (χ1v) is 9.72. The summed E-state index contributed by atoms with van der Waals surface area (Å²) in [6.45, 7) is 2.94. The molecule has 118 valence electrons. The summed E-state index contributed by atoms with van der Waals surface area (Å²) < 4.78 is 33.2. The lowest BCUT2D eigenvalue weighted by atomic mass is 10.2. The Labute approximate surface area is 148 Å². The average Bonchev–Trinajstić information content (AvgIpc) is 2.80. The van der Waals surface area contributed by atoms with Crippen LogP contribution in [0.15, 0.2) is 18.2 Å². The van der Waals surface area contributed by atoms with Crippen molar-refractivity contribution in [3.05, 3.63) is 40.8 Å². The molecule has 1 aromatic carbocycles. The van der Waals surface area contributed by atoms with Crippen molar-refractivity contribution in [2.45, 2.75) is 20.2 Å². The Kier molecular flexibility index (Phi) is 5.85. The zero-order chi connectivity index (χ0) is 17.0. The molecule has 0 aliphatic rings. The quantitative estimate of drug-likeness (QED) is 0.523. The van der Waals surface area contributed by atoms with Crippen LogP contribution in [-0.2, 0) is 0 Å². The Morgan fingerprint density at radius 1 is 1.43 bits per heavy atom. The summed E-state index contributed by atoms with van der Waals surface area (Å²) in [5.74, 6) is 2.30. The molecular formula is C15H10F2IN3OS. The second-order valence-electron chi connectivity index (χ2n) is 4.45. The average molecular weight is 445 g/mol. The van der Waals surface area contributed by atoms with E-state index in [0.717, 1.165) is 6.07 Å². The van der Waals surface area contributed by atoms with Gasteiger partial charge >= 0.3 is 0 Å². The lowest BCUT2D eigenvalue weighted by molar-refractivity contribution is 0.0802. The van der Waals surface area contributed by atoms with E-state index in [0.29, 0.717) is 16.9 Å². The zero-order valence-corrected chi connectivity index (χ0v) is 15.1. The Balaban J connectivity index is 2.62. The van der Waals surface area contributed by atoms with Crippen LogP contribution in [0.25, 0.3) is 5.69 Å². The Bertz CT molecular complexity index is 834. The van der Waals surface area contributed by atoms with Gasteiger partial charge in [0.25, 0.3) is 5.88 Å². The maximum atomic E-state index is 13.6. The number of halogens is 3. The highest BCUT2D eigenvalue weighted by atomic mass is 127. The van der Waals surface area contributed by atoms with E-state index in [1.54, 1.807) is 6.92 Å². The molecular weight excluding hydrogens is 435 g/mol. The molecule has 23 heavy (non-hydrogen) atoms. The fourth-order valence-corrected chi connectivity index (χ4v) is 2.41. The molecule has 0 aliphatic carbocycles. The summed E-state index contributed by atoms with van der Waals surface area (Å²) in [5, 5.41) is 15.9. The largest absolute Gasteiger partial charge is 0.441 e. The predicted molar refractivity (Wildman–Crippen MR) is 92.7 cm³/mol. The molecule has 1 atom stereocenters. The maximum Gasteiger partial charge on any atom is 0.252 e. The third kappa shape index (κ3) is 4.15. The van der Waals surface area contributed by atoms with Gasteiger partial charge in [-0.15, -0.1) is 5.10 Å². The van der Waals surface area contributed by atoms with Crippen molar-refractivity contribution in [3.63, 3.8) is 0 Å². The van der Waals surface area contributed by atoms with Crippen LogP contribution >= 0.6 is 30.1 Å². The molecule has 8 heteroatoms. The van der Waals surface area contributed by atoms with Crippen molar-refractivity contribution in [3.8, 4) is 28.8 Å². The van der Waals surface area contributed by atoms with Crippen molar-refractivity contribution >= 4 is 30.1 Å². The number of aromatic nitrogens is 2. The summed E-state index contributed by atoms with van der Waals surface area (Å²) in [6.07, 6.45) is -1.56. The van der Waals surface area contributed by atoms with Crippen molar-refractivity contribution in [2.75, 3.05) is 0 Å². The lowest BCUT2D eigenvalue weighted by Gasteiger charge is -2.05. The van der Waals surface area contributed by atoms with Gasteiger partial charge in [-0.1, -0.05) is 0 Å². The lowest BCUT2D eigenvalue weighted by Crippen LogP contribution is -2.06. The van der Waals surface area contributed by atoms with Gasteiger partial charge in [0.2, 0.25) is 6.36 Å². The molecule has 0 aliphatic heterocycles. The first-order chi connectivity index (χ1) is 11.0. The molecule has 2 aromatic rings. The number of nitrogens with zero attached hydrogens (tertiary/aromatic N) is 3. The number of alkyl halides is 1. The molecule has 1 unspecified atom stereocenters. The van der Waals surface area contributed by atoms with E-state index in [1.807, 2.05) is 27.3 Å². The second-order valence-corrected chi connectivity index (χ2v) is 6.13. The Hall–Kier alpha value is -1.78. The number of nitriles is 1. The van der Waals surface area contributed by atoms with Gasteiger partial charge < -0.3 is 4.74 Å². The third-order valence-electron chi connectivity index (χ3n) is 2.83. The predicted octanol–water partition coefficient (Wildman–Crippen LogP) is 4.28. The molecule has 0 saturated heterocycles. The summed E-state index contributed by atoms with van der Waals surface area (Å²) in [7, 11) is 1.27. The normalized spacial score (nSPS) is 11.3. The van der Waals surface area contributed by atoms with Gasteiger partial charge in [0.1, 0.15) is 11.4 Å². The number of ether oxygens (including phenoxy) is 1. The van der Waals surface area contributed by atoms with E-state index in [2.05, 4.69) is 16.3 Å². The molecule has 0 radical (unpaired) electrons. The fourth-order valence-electron chi connectivity index (χ4n) is 1.94. The Morgan fingerprint density at radius 2 is 2.17 bits per heavy atom. The fraction of sp³-hybridized carbons (Fsp3) is 0.200. The van der Waals surface area contributed by atoms with Crippen molar-refractivity contribution in [1.82, 2.24) is 9.78 Å². The van der Waals surface area contributed by atoms with Crippen LogP contribution in [0.1, 0.15) is 23.7 Å². The van der Waals surface area contributed by atoms with E-state index >= 15 is 0 Å². The van der Waals surface area contributed by atoms with E-state index in [-0.39, 0.29) is 11.4 Å². The van der Waals surface area contributed by atoms with Crippen LogP contribution in [0.4, 0.5) is 8.78 Å². The van der Waals surface area contributed by atoms with Crippen LogP contribution < -0.4 is 4.74 Å². The number of rotatable bonds is 3. The Morgan fingerprint density at radius 3 is 2.78 bits per heavy atom. The zero-order valence-electron chi connectivity index (χ0n) is 12.1. The van der Waals surface area contributed by atoms with Gasteiger partial charge in [0.05, 0.1) is 23.0 Å². The SMILES string of the molecule is Cc1c(C#CSI)c(OC(C)F)nn1-c1cc(F)cc(C#N)c1. The van der Waals surface area contributed by atoms with Gasteiger partial charge in [0.15, 0.2) is 0 Å². The molecule has 1 heterocycles. The maximum absolute atomic E-state index is 13.6. The van der Waals surface area contributed by atoms with Crippen molar-refractivity contribution in [1.29, 1.82) is 5.26 Å². The molecule has 4 nitrogen and oxygen atoms in total. The summed E-state index contributed by atoms with van der Waals surface area (Å²) in [4.78, 5) is 0. The van der Waals surface area contributed by atoms with Crippen LogP contribution in [0.3, 0.4) is 0 Å². The van der Waals surface area contributed by atoms with Gasteiger partial charge in [-0.25, -0.2) is 13.5 Å². The smallest absolute Gasteiger partial charge is 0.252 e. The van der Waals surface area contributed by atoms with Gasteiger partial charge in [-0.3, -0.25) is 0 Å². The molecule has 0 N–H and O–H groups in total. The molecule has 0 amide bonds. The number of hydrogen-bond acceptors (Lipinski definition) is 4. The minimum Gasteiger partial charge on any atom is -0.441 e.